The maximum Gasteiger partial charge on any atom is 0.337 e. The highest BCUT2D eigenvalue weighted by molar-refractivity contribution is 7.99. The summed E-state index contributed by atoms with van der Waals surface area (Å²) in [4.78, 5) is 30.1. The van der Waals surface area contributed by atoms with Gasteiger partial charge in [0.15, 0.2) is 4.80 Å². The third-order valence-corrected chi connectivity index (χ3v) is 6.26. The highest BCUT2D eigenvalue weighted by Gasteiger charge is 2.11. The molecule has 1 aromatic heterocycles. The summed E-state index contributed by atoms with van der Waals surface area (Å²) in [5.41, 5.74) is 1.29. The molecule has 0 aliphatic rings. The Bertz CT molecular complexity index is 1120. The van der Waals surface area contributed by atoms with Crippen LogP contribution in [-0.2, 0) is 16.1 Å². The zero-order valence-corrected chi connectivity index (χ0v) is 17.6. The van der Waals surface area contributed by atoms with Gasteiger partial charge in [-0.15, -0.1) is 18.2 Å². The minimum Gasteiger partial charge on any atom is -0.465 e. The molecule has 0 saturated heterocycles. The van der Waals surface area contributed by atoms with E-state index in [-0.39, 0.29) is 5.91 Å². The monoisotopic (exact) mass is 424 g/mol. The second-order valence-corrected chi connectivity index (χ2v) is 8.30. The fourth-order valence-corrected chi connectivity index (χ4v) is 4.70. The molecular weight excluding hydrogens is 404 g/mol. The first-order chi connectivity index (χ1) is 14.1. The summed E-state index contributed by atoms with van der Waals surface area (Å²) in [7, 11) is 1.34. The molecule has 0 unspecified atom stereocenters. The van der Waals surface area contributed by atoms with Gasteiger partial charge >= 0.3 is 5.97 Å². The van der Waals surface area contributed by atoms with Crippen LogP contribution in [0.5, 0.6) is 0 Å². The van der Waals surface area contributed by atoms with Crippen molar-refractivity contribution in [1.82, 2.24) is 4.57 Å². The van der Waals surface area contributed by atoms with Crippen LogP contribution in [0.25, 0.3) is 10.2 Å². The number of aromatic nitrogens is 1. The molecule has 2 aromatic carbocycles. The van der Waals surface area contributed by atoms with Crippen LogP contribution in [0.1, 0.15) is 23.2 Å². The third kappa shape index (κ3) is 5.37. The number of hydrogen-bond donors (Lipinski definition) is 0. The van der Waals surface area contributed by atoms with Gasteiger partial charge in [0.2, 0.25) is 5.91 Å². The Balaban J connectivity index is 1.75. The predicted molar refractivity (Wildman–Crippen MR) is 117 cm³/mol. The number of esters is 1. The van der Waals surface area contributed by atoms with Gasteiger partial charge in [0.1, 0.15) is 0 Å². The second-order valence-electron chi connectivity index (χ2n) is 6.12. The third-order valence-electron chi connectivity index (χ3n) is 4.12. The minimum atomic E-state index is -0.408. The predicted octanol–water partition coefficient (Wildman–Crippen LogP) is 4.12. The Morgan fingerprint density at radius 2 is 2.03 bits per heavy atom. The first-order valence-corrected chi connectivity index (χ1v) is 10.8. The van der Waals surface area contributed by atoms with E-state index in [9.17, 15) is 9.59 Å². The summed E-state index contributed by atoms with van der Waals surface area (Å²) < 4.78 is 7.41. The largest absolute Gasteiger partial charge is 0.465 e. The van der Waals surface area contributed by atoms with Crippen LogP contribution in [0, 0.1) is 12.3 Å². The van der Waals surface area contributed by atoms with Crippen molar-refractivity contribution in [2.24, 2.45) is 4.99 Å². The van der Waals surface area contributed by atoms with Gasteiger partial charge in [0.25, 0.3) is 0 Å². The van der Waals surface area contributed by atoms with Gasteiger partial charge in [-0.3, -0.25) is 4.79 Å². The first kappa shape index (κ1) is 20.9. The lowest BCUT2D eigenvalue weighted by molar-refractivity contribution is -0.118. The van der Waals surface area contributed by atoms with Crippen LogP contribution in [0.15, 0.2) is 58.4 Å². The van der Waals surface area contributed by atoms with Crippen LogP contribution in [-0.4, -0.2) is 29.3 Å². The number of ether oxygens (including phenoxy) is 1. The number of thiazole rings is 1. The molecule has 29 heavy (non-hydrogen) atoms. The smallest absolute Gasteiger partial charge is 0.337 e. The quantitative estimate of drug-likeness (QED) is 0.248. The molecule has 0 N–H and O–H groups in total. The van der Waals surface area contributed by atoms with Crippen LogP contribution in [0.3, 0.4) is 0 Å². The standard InChI is InChI=1S/C22H20N2O3S2/c1-3-13-24-18-12-11-16(21(26)27-2)15-19(18)29-22(24)23-20(25)10-7-14-28-17-8-5-4-6-9-17/h1,4-6,8-9,11-12,15H,7,10,13-14H2,2H3. The molecule has 1 amide bonds. The molecular formula is C22H20N2O3S2. The van der Waals surface area contributed by atoms with E-state index in [0.717, 1.165) is 22.4 Å². The van der Waals surface area contributed by atoms with E-state index in [1.165, 1.54) is 23.3 Å². The maximum absolute atomic E-state index is 12.4. The lowest BCUT2D eigenvalue weighted by Crippen LogP contribution is -2.16. The topological polar surface area (TPSA) is 60.7 Å². The molecule has 0 spiro atoms. The lowest BCUT2D eigenvalue weighted by Gasteiger charge is -2.02. The summed E-state index contributed by atoms with van der Waals surface area (Å²) in [5.74, 6) is 2.87. The average molecular weight is 425 g/mol. The number of nitrogens with zero attached hydrogens (tertiary/aromatic N) is 2. The van der Waals surface area contributed by atoms with Crippen molar-refractivity contribution in [3.63, 3.8) is 0 Å². The Labute approximate surface area is 177 Å². The zero-order chi connectivity index (χ0) is 20.6. The van der Waals surface area contributed by atoms with Gasteiger partial charge in [-0.25, -0.2) is 4.79 Å². The summed E-state index contributed by atoms with van der Waals surface area (Å²) in [6.07, 6.45) is 6.61. The SMILES string of the molecule is C#CCn1c(=NC(=O)CCCSc2ccccc2)sc2cc(C(=O)OC)ccc21. The molecule has 5 nitrogen and oxygen atoms in total. The molecule has 1 heterocycles. The maximum atomic E-state index is 12.4. The number of carbonyl (C=O) groups excluding carboxylic acids is 2. The number of benzene rings is 2. The minimum absolute atomic E-state index is 0.177. The van der Waals surface area contributed by atoms with Crippen molar-refractivity contribution in [2.45, 2.75) is 24.3 Å². The van der Waals surface area contributed by atoms with E-state index < -0.39 is 5.97 Å². The Hall–Kier alpha value is -2.82. The fraction of sp³-hybridized carbons (Fsp3) is 0.227. The summed E-state index contributed by atoms with van der Waals surface area (Å²) in [6.45, 7) is 0.299. The number of rotatable bonds is 7. The van der Waals surface area contributed by atoms with Gasteiger partial charge in [-0.05, 0) is 42.5 Å². The molecule has 0 saturated carbocycles. The van der Waals surface area contributed by atoms with E-state index in [0.29, 0.717) is 23.3 Å². The Morgan fingerprint density at radius 3 is 2.76 bits per heavy atom. The number of fused-ring (bicyclic) bond motifs is 1. The molecule has 3 aromatic rings. The Kier molecular flexibility index (Phi) is 7.28. The van der Waals surface area contributed by atoms with E-state index in [2.05, 4.69) is 23.0 Å². The lowest BCUT2D eigenvalue weighted by atomic mass is 10.2. The van der Waals surface area contributed by atoms with Gasteiger partial charge in [0.05, 0.1) is 29.4 Å². The molecule has 0 fully saturated rings. The van der Waals surface area contributed by atoms with E-state index in [1.54, 1.807) is 30.0 Å². The number of amides is 1. The van der Waals surface area contributed by atoms with Gasteiger partial charge in [0, 0.05) is 11.3 Å². The highest BCUT2D eigenvalue weighted by atomic mass is 32.2. The summed E-state index contributed by atoms with van der Waals surface area (Å²) >= 11 is 3.06. The molecule has 0 radical (unpaired) electrons. The highest BCUT2D eigenvalue weighted by Crippen LogP contribution is 2.20. The molecule has 3 rings (SSSR count). The molecule has 0 aliphatic heterocycles. The van der Waals surface area contributed by atoms with Crippen molar-refractivity contribution >= 4 is 45.2 Å². The van der Waals surface area contributed by atoms with Gasteiger partial charge in [-0.1, -0.05) is 35.5 Å². The number of thioether (sulfide) groups is 1. The molecule has 0 aliphatic carbocycles. The first-order valence-electron chi connectivity index (χ1n) is 9.03. The number of methoxy groups -OCH3 is 1. The number of terminal acetylenes is 1. The molecule has 7 heteroatoms. The van der Waals surface area contributed by atoms with Crippen molar-refractivity contribution < 1.29 is 14.3 Å². The van der Waals surface area contributed by atoms with E-state index >= 15 is 0 Å². The average Bonchev–Trinajstić information content (AvgIpc) is 3.08. The van der Waals surface area contributed by atoms with Crippen molar-refractivity contribution in [3.8, 4) is 12.3 Å². The van der Waals surface area contributed by atoms with Crippen molar-refractivity contribution in [1.29, 1.82) is 0 Å². The number of hydrogen-bond acceptors (Lipinski definition) is 5. The van der Waals surface area contributed by atoms with E-state index in [1.807, 2.05) is 22.8 Å². The van der Waals surface area contributed by atoms with Crippen molar-refractivity contribution in [3.05, 3.63) is 58.9 Å². The molecule has 0 bridgehead atoms. The van der Waals surface area contributed by atoms with Crippen LogP contribution in [0.4, 0.5) is 0 Å². The van der Waals surface area contributed by atoms with Crippen LogP contribution in [0.2, 0.25) is 0 Å². The number of carbonyl (C=O) groups is 2. The summed E-state index contributed by atoms with van der Waals surface area (Å²) in [6, 6.07) is 15.3. The Morgan fingerprint density at radius 1 is 1.24 bits per heavy atom. The summed E-state index contributed by atoms with van der Waals surface area (Å²) in [5, 5.41) is 0. The molecule has 148 valence electrons. The van der Waals surface area contributed by atoms with Crippen molar-refractivity contribution in [2.75, 3.05) is 12.9 Å². The van der Waals surface area contributed by atoms with Gasteiger partial charge < -0.3 is 9.30 Å². The van der Waals surface area contributed by atoms with E-state index in [4.69, 9.17) is 11.2 Å². The van der Waals surface area contributed by atoms with Gasteiger partial charge in [-0.2, -0.15) is 4.99 Å². The molecule has 0 atom stereocenters. The second kappa shape index (κ2) is 10.1. The normalized spacial score (nSPS) is 11.4. The fourth-order valence-electron chi connectivity index (χ4n) is 2.74. The zero-order valence-electron chi connectivity index (χ0n) is 16.0. The van der Waals surface area contributed by atoms with Crippen LogP contribution >= 0.6 is 23.1 Å². The van der Waals surface area contributed by atoms with Crippen LogP contribution < -0.4 is 4.80 Å².